The van der Waals surface area contributed by atoms with E-state index in [1.807, 2.05) is 24.3 Å². The average molecular weight is 270 g/mol. The monoisotopic (exact) mass is 270 g/mol. The Labute approximate surface area is 108 Å². The van der Waals surface area contributed by atoms with E-state index >= 15 is 0 Å². The minimum Gasteiger partial charge on any atom is -0.497 e. The maximum atomic E-state index is 11.9. The van der Waals surface area contributed by atoms with Gasteiger partial charge in [-0.05, 0) is 17.7 Å². The lowest BCUT2D eigenvalue weighted by molar-refractivity contribution is 0.274. The molecule has 1 fully saturated rings. The summed E-state index contributed by atoms with van der Waals surface area (Å²) in [5.74, 6) is 0.630. The molecular formula is C13H18O4S. The van der Waals surface area contributed by atoms with Crippen LogP contribution in [0.4, 0.5) is 0 Å². The summed E-state index contributed by atoms with van der Waals surface area (Å²) in [6.07, 6.45) is 0. The van der Waals surface area contributed by atoms with E-state index < -0.39 is 15.1 Å². The summed E-state index contributed by atoms with van der Waals surface area (Å²) >= 11 is 0. The molecular weight excluding hydrogens is 252 g/mol. The third kappa shape index (κ3) is 2.24. The molecule has 18 heavy (non-hydrogen) atoms. The van der Waals surface area contributed by atoms with E-state index in [9.17, 15) is 13.5 Å². The Morgan fingerprint density at radius 3 is 2.33 bits per heavy atom. The second-order valence-corrected chi connectivity index (χ2v) is 7.01. The summed E-state index contributed by atoms with van der Waals surface area (Å²) in [4.78, 5) is 0. The van der Waals surface area contributed by atoms with Crippen LogP contribution in [-0.2, 0) is 9.84 Å². The van der Waals surface area contributed by atoms with Crippen molar-refractivity contribution >= 4 is 9.84 Å². The molecule has 0 radical (unpaired) electrons. The van der Waals surface area contributed by atoms with E-state index in [0.717, 1.165) is 11.3 Å². The number of methoxy groups -OCH3 is 1. The zero-order valence-corrected chi connectivity index (χ0v) is 11.4. The number of ether oxygens (including phenoxy) is 1. The highest BCUT2D eigenvalue weighted by atomic mass is 32.2. The normalized spacial score (nSPS) is 26.9. The van der Waals surface area contributed by atoms with Gasteiger partial charge < -0.3 is 9.84 Å². The summed E-state index contributed by atoms with van der Waals surface area (Å²) in [6, 6.07) is 7.38. The van der Waals surface area contributed by atoms with E-state index in [2.05, 4.69) is 0 Å². The van der Waals surface area contributed by atoms with Crippen molar-refractivity contribution in [3.8, 4) is 5.75 Å². The van der Waals surface area contributed by atoms with Crippen molar-refractivity contribution in [3.63, 3.8) is 0 Å². The predicted molar refractivity (Wildman–Crippen MR) is 69.6 cm³/mol. The molecule has 0 unspecified atom stereocenters. The molecule has 0 amide bonds. The van der Waals surface area contributed by atoms with Gasteiger partial charge in [-0.25, -0.2) is 8.42 Å². The fourth-order valence-corrected chi connectivity index (χ4v) is 4.39. The number of sulfone groups is 1. The fraction of sp³-hybridized carbons (Fsp3) is 0.538. The molecule has 0 spiro atoms. The fourth-order valence-electron chi connectivity index (χ4n) is 2.50. The molecule has 3 atom stereocenters. The molecule has 0 aliphatic heterocycles. The van der Waals surface area contributed by atoms with Gasteiger partial charge in [0, 0.05) is 24.2 Å². The molecule has 0 bridgehead atoms. The van der Waals surface area contributed by atoms with Gasteiger partial charge >= 0.3 is 0 Å². The number of hydrogen-bond donors (Lipinski definition) is 1. The third-order valence-corrected chi connectivity index (χ3v) is 5.90. The van der Waals surface area contributed by atoms with Gasteiger partial charge in [0.2, 0.25) is 0 Å². The second kappa shape index (κ2) is 4.90. The van der Waals surface area contributed by atoms with Crippen LogP contribution in [0.5, 0.6) is 5.75 Å². The van der Waals surface area contributed by atoms with E-state index in [0.29, 0.717) is 0 Å². The van der Waals surface area contributed by atoms with Crippen LogP contribution in [0.3, 0.4) is 0 Å². The van der Waals surface area contributed by atoms with Gasteiger partial charge in [0.05, 0.1) is 12.4 Å². The van der Waals surface area contributed by atoms with Gasteiger partial charge in [-0.3, -0.25) is 0 Å². The summed E-state index contributed by atoms with van der Waals surface area (Å²) in [6.45, 7) is 1.56. The Balaban J connectivity index is 2.23. The summed E-state index contributed by atoms with van der Waals surface area (Å²) in [7, 11) is -1.50. The van der Waals surface area contributed by atoms with Crippen LogP contribution in [-0.4, -0.2) is 38.2 Å². The minimum absolute atomic E-state index is 0.0779. The lowest BCUT2D eigenvalue weighted by Gasteiger charge is -2.03. The molecule has 1 aliphatic carbocycles. The van der Waals surface area contributed by atoms with Crippen LogP contribution in [0.1, 0.15) is 18.4 Å². The highest BCUT2D eigenvalue weighted by Crippen LogP contribution is 2.52. The van der Waals surface area contributed by atoms with Crippen molar-refractivity contribution < 1.29 is 18.3 Å². The van der Waals surface area contributed by atoms with E-state index in [-0.39, 0.29) is 24.2 Å². The first-order valence-corrected chi connectivity index (χ1v) is 7.73. The molecule has 1 saturated carbocycles. The smallest absolute Gasteiger partial charge is 0.153 e. The summed E-state index contributed by atoms with van der Waals surface area (Å²) in [5.41, 5.74) is 0.955. The third-order valence-electron chi connectivity index (χ3n) is 3.62. The van der Waals surface area contributed by atoms with Crippen LogP contribution in [0.25, 0.3) is 0 Å². The Kier molecular flexibility index (Phi) is 3.64. The van der Waals surface area contributed by atoms with Gasteiger partial charge in [-0.1, -0.05) is 19.1 Å². The van der Waals surface area contributed by atoms with Crippen LogP contribution < -0.4 is 4.74 Å². The lowest BCUT2D eigenvalue weighted by atomic mass is 10.1. The molecule has 1 N–H and O–H groups in total. The molecule has 1 aromatic carbocycles. The Morgan fingerprint density at radius 1 is 1.28 bits per heavy atom. The quantitative estimate of drug-likeness (QED) is 0.873. The van der Waals surface area contributed by atoms with E-state index in [1.54, 1.807) is 14.0 Å². The van der Waals surface area contributed by atoms with Crippen molar-refractivity contribution in [3.05, 3.63) is 29.8 Å². The SMILES string of the molecule is CCS(=O)(=O)[C@@H]1[C@@H](CO)[C@H]1c1ccc(OC)cc1. The summed E-state index contributed by atoms with van der Waals surface area (Å²) < 4.78 is 28.9. The van der Waals surface area contributed by atoms with Crippen molar-refractivity contribution in [2.24, 2.45) is 5.92 Å². The van der Waals surface area contributed by atoms with Gasteiger partial charge in [-0.15, -0.1) is 0 Å². The zero-order valence-electron chi connectivity index (χ0n) is 10.5. The highest BCUT2D eigenvalue weighted by Gasteiger charge is 2.57. The molecule has 0 saturated heterocycles. The largest absolute Gasteiger partial charge is 0.497 e. The van der Waals surface area contributed by atoms with Crippen LogP contribution in [0, 0.1) is 5.92 Å². The van der Waals surface area contributed by atoms with Crippen LogP contribution in [0.15, 0.2) is 24.3 Å². The van der Waals surface area contributed by atoms with Crippen LogP contribution >= 0.6 is 0 Å². The van der Waals surface area contributed by atoms with E-state index in [1.165, 1.54) is 0 Å². The zero-order chi connectivity index (χ0) is 13.3. The molecule has 0 heterocycles. The minimum atomic E-state index is -3.09. The Hall–Kier alpha value is -1.07. The maximum absolute atomic E-state index is 11.9. The maximum Gasteiger partial charge on any atom is 0.153 e. The van der Waals surface area contributed by atoms with Gasteiger partial charge in [0.1, 0.15) is 5.75 Å². The number of aliphatic hydroxyl groups excluding tert-OH is 1. The van der Waals surface area contributed by atoms with Crippen molar-refractivity contribution in [2.75, 3.05) is 19.5 Å². The molecule has 0 aromatic heterocycles. The number of benzene rings is 1. The molecule has 2 rings (SSSR count). The number of hydrogen-bond acceptors (Lipinski definition) is 4. The molecule has 1 aliphatic rings. The molecule has 1 aromatic rings. The average Bonchev–Trinajstić information content (AvgIpc) is 3.14. The van der Waals surface area contributed by atoms with Crippen LogP contribution in [0.2, 0.25) is 0 Å². The topological polar surface area (TPSA) is 63.6 Å². The van der Waals surface area contributed by atoms with Gasteiger partial charge in [0.15, 0.2) is 9.84 Å². The first-order chi connectivity index (χ1) is 8.55. The molecule has 4 nitrogen and oxygen atoms in total. The van der Waals surface area contributed by atoms with Crippen molar-refractivity contribution in [1.29, 1.82) is 0 Å². The standard InChI is InChI=1S/C13H18O4S/c1-3-18(15,16)13-11(8-14)12(13)9-4-6-10(17-2)7-5-9/h4-7,11-14H,3,8H2,1-2H3/t11-,12+,13+/m0/s1. The van der Waals surface area contributed by atoms with Crippen molar-refractivity contribution in [2.45, 2.75) is 18.1 Å². The molecule has 5 heteroatoms. The lowest BCUT2D eigenvalue weighted by Crippen LogP contribution is -2.13. The Bertz CT molecular complexity index is 506. The highest BCUT2D eigenvalue weighted by molar-refractivity contribution is 7.92. The van der Waals surface area contributed by atoms with Crippen molar-refractivity contribution in [1.82, 2.24) is 0 Å². The first kappa shape index (κ1) is 13.4. The van der Waals surface area contributed by atoms with E-state index in [4.69, 9.17) is 4.74 Å². The Morgan fingerprint density at radius 2 is 1.89 bits per heavy atom. The number of rotatable bonds is 5. The predicted octanol–water partition coefficient (Wildman–Crippen LogP) is 1.20. The second-order valence-electron chi connectivity index (χ2n) is 4.56. The molecule has 100 valence electrons. The first-order valence-electron chi connectivity index (χ1n) is 6.01. The number of aliphatic hydroxyl groups is 1. The van der Waals surface area contributed by atoms with Gasteiger partial charge in [-0.2, -0.15) is 0 Å². The summed E-state index contributed by atoms with van der Waals surface area (Å²) in [5, 5.41) is 8.85. The van der Waals surface area contributed by atoms with Gasteiger partial charge in [0.25, 0.3) is 0 Å².